The van der Waals surface area contributed by atoms with Crippen molar-refractivity contribution >= 4 is 22.3 Å². The Labute approximate surface area is 138 Å². The molecule has 1 aliphatic heterocycles. The van der Waals surface area contributed by atoms with Crippen molar-refractivity contribution in [2.75, 3.05) is 30.4 Å². The summed E-state index contributed by atoms with van der Waals surface area (Å²) < 4.78 is 1.89. The van der Waals surface area contributed by atoms with Gasteiger partial charge in [-0.2, -0.15) is 0 Å². The Hall–Kier alpha value is -2.48. The molecule has 118 valence electrons. The lowest BCUT2D eigenvalue weighted by Crippen LogP contribution is -2.30. The molecule has 0 saturated heterocycles. The predicted octanol–water partition coefficient (Wildman–Crippen LogP) is 1.75. The maximum absolute atomic E-state index is 4.71. The second-order valence-corrected chi connectivity index (χ2v) is 6.70. The van der Waals surface area contributed by atoms with Crippen LogP contribution in [0.2, 0.25) is 0 Å². The largest absolute Gasteiger partial charge is 0.354 e. The first-order chi connectivity index (χ1) is 11.2. The number of imidazole rings is 1. The highest BCUT2D eigenvalue weighted by atomic mass is 32.1. The van der Waals surface area contributed by atoms with Crippen molar-refractivity contribution in [1.82, 2.24) is 24.5 Å². The van der Waals surface area contributed by atoms with E-state index in [9.17, 15) is 0 Å². The molecule has 0 atom stereocenters. The molecule has 0 aliphatic carbocycles. The molecule has 0 radical (unpaired) electrons. The van der Waals surface area contributed by atoms with Crippen LogP contribution in [-0.4, -0.2) is 45.1 Å². The van der Waals surface area contributed by atoms with Gasteiger partial charge in [-0.15, -0.1) is 0 Å². The molecule has 0 amide bonds. The Bertz CT molecular complexity index is 809. The van der Waals surface area contributed by atoms with Gasteiger partial charge in [0.05, 0.1) is 12.2 Å². The van der Waals surface area contributed by atoms with Crippen molar-refractivity contribution in [2.24, 2.45) is 0 Å². The summed E-state index contributed by atoms with van der Waals surface area (Å²) in [7, 11) is 4.06. The van der Waals surface area contributed by atoms with E-state index in [1.165, 1.54) is 10.6 Å². The summed E-state index contributed by atoms with van der Waals surface area (Å²) in [5.41, 5.74) is 1.22. The normalized spacial score (nSPS) is 13.9. The van der Waals surface area contributed by atoms with Crippen LogP contribution in [0.3, 0.4) is 0 Å². The minimum atomic E-state index is 0.830. The van der Waals surface area contributed by atoms with E-state index in [4.69, 9.17) is 4.98 Å². The number of anilines is 2. The summed E-state index contributed by atoms with van der Waals surface area (Å²) >= 11 is 1.76. The van der Waals surface area contributed by atoms with Gasteiger partial charge in [-0.25, -0.2) is 19.9 Å². The zero-order valence-corrected chi connectivity index (χ0v) is 13.9. The third kappa shape index (κ3) is 2.65. The van der Waals surface area contributed by atoms with Crippen molar-refractivity contribution in [2.45, 2.75) is 13.0 Å². The standard InChI is InChI=1S/C15H17N7S/c1-20(2)15-19-11-3-5-21(8-12(11)23-15)13-7-14(18-9-17-13)22-6-4-16-10-22/h4,6-7,9-10H,3,5,8H2,1-2H3. The van der Waals surface area contributed by atoms with Crippen LogP contribution in [0.4, 0.5) is 10.9 Å². The fraction of sp³-hybridized carbons (Fsp3) is 0.333. The molecule has 0 saturated carbocycles. The molecule has 3 aromatic heterocycles. The van der Waals surface area contributed by atoms with Crippen molar-refractivity contribution in [3.63, 3.8) is 0 Å². The SMILES string of the molecule is CN(C)c1nc2c(s1)CN(c1cc(-n3ccnc3)ncn1)CC2. The minimum Gasteiger partial charge on any atom is -0.354 e. The van der Waals surface area contributed by atoms with Crippen LogP contribution in [0.1, 0.15) is 10.6 Å². The molecule has 3 aromatic rings. The van der Waals surface area contributed by atoms with Gasteiger partial charge in [0.2, 0.25) is 0 Å². The Morgan fingerprint density at radius 1 is 1.22 bits per heavy atom. The van der Waals surface area contributed by atoms with Gasteiger partial charge in [0.1, 0.15) is 24.3 Å². The summed E-state index contributed by atoms with van der Waals surface area (Å²) in [6, 6.07) is 2.00. The highest BCUT2D eigenvalue weighted by Crippen LogP contribution is 2.31. The van der Waals surface area contributed by atoms with Crippen molar-refractivity contribution in [3.05, 3.63) is 41.7 Å². The van der Waals surface area contributed by atoms with Gasteiger partial charge in [0.15, 0.2) is 5.13 Å². The van der Waals surface area contributed by atoms with Crippen LogP contribution in [0.25, 0.3) is 5.82 Å². The van der Waals surface area contributed by atoms with Crippen molar-refractivity contribution in [1.29, 1.82) is 0 Å². The quantitative estimate of drug-likeness (QED) is 0.730. The molecule has 8 heteroatoms. The van der Waals surface area contributed by atoms with Gasteiger partial charge in [0.25, 0.3) is 0 Å². The van der Waals surface area contributed by atoms with Crippen molar-refractivity contribution < 1.29 is 0 Å². The summed E-state index contributed by atoms with van der Waals surface area (Å²) in [5, 5.41) is 1.07. The van der Waals surface area contributed by atoms with Gasteiger partial charge in [-0.3, -0.25) is 4.57 Å². The Morgan fingerprint density at radius 2 is 2.09 bits per heavy atom. The zero-order valence-electron chi connectivity index (χ0n) is 13.0. The van der Waals surface area contributed by atoms with Crippen LogP contribution in [0.15, 0.2) is 31.1 Å². The maximum Gasteiger partial charge on any atom is 0.185 e. The third-order valence-electron chi connectivity index (χ3n) is 3.83. The molecule has 0 bridgehead atoms. The lowest BCUT2D eigenvalue weighted by Gasteiger charge is -2.27. The van der Waals surface area contributed by atoms with E-state index in [0.29, 0.717) is 0 Å². The highest BCUT2D eigenvalue weighted by molar-refractivity contribution is 7.15. The molecule has 4 heterocycles. The Kier molecular flexibility index (Phi) is 3.45. The summed E-state index contributed by atoms with van der Waals surface area (Å²) in [6.07, 6.45) is 7.93. The molecular formula is C15H17N7S. The Balaban J connectivity index is 1.61. The molecule has 4 rings (SSSR count). The van der Waals surface area contributed by atoms with E-state index in [0.717, 1.165) is 36.3 Å². The maximum atomic E-state index is 4.71. The number of hydrogen-bond acceptors (Lipinski definition) is 7. The van der Waals surface area contributed by atoms with Gasteiger partial charge in [0, 0.05) is 50.4 Å². The average molecular weight is 327 g/mol. The van der Waals surface area contributed by atoms with Crippen LogP contribution >= 0.6 is 11.3 Å². The summed E-state index contributed by atoms with van der Waals surface area (Å²) in [4.78, 5) is 23.2. The fourth-order valence-electron chi connectivity index (χ4n) is 2.61. The smallest absolute Gasteiger partial charge is 0.185 e. The predicted molar refractivity (Wildman–Crippen MR) is 90.3 cm³/mol. The molecule has 0 unspecified atom stereocenters. The first-order valence-electron chi connectivity index (χ1n) is 7.42. The number of nitrogens with zero attached hydrogens (tertiary/aromatic N) is 7. The average Bonchev–Trinajstić information content (AvgIpc) is 3.24. The van der Waals surface area contributed by atoms with Crippen molar-refractivity contribution in [3.8, 4) is 5.82 Å². The molecule has 0 spiro atoms. The van der Waals surface area contributed by atoms with Crippen LogP contribution < -0.4 is 9.80 Å². The van der Waals surface area contributed by atoms with Gasteiger partial charge >= 0.3 is 0 Å². The van der Waals surface area contributed by atoms with Gasteiger partial charge in [-0.05, 0) is 0 Å². The molecule has 0 aromatic carbocycles. The Morgan fingerprint density at radius 3 is 2.87 bits per heavy atom. The number of thiazole rings is 1. The van der Waals surface area contributed by atoms with E-state index in [-0.39, 0.29) is 0 Å². The number of hydrogen-bond donors (Lipinski definition) is 0. The van der Waals surface area contributed by atoms with E-state index in [1.54, 1.807) is 30.2 Å². The summed E-state index contributed by atoms with van der Waals surface area (Å²) in [6.45, 7) is 1.77. The first kappa shape index (κ1) is 14.1. The highest BCUT2D eigenvalue weighted by Gasteiger charge is 2.22. The molecule has 1 aliphatic rings. The summed E-state index contributed by atoms with van der Waals surface area (Å²) in [5.74, 6) is 1.77. The second-order valence-electron chi connectivity index (χ2n) is 5.64. The number of rotatable bonds is 3. The van der Waals surface area contributed by atoms with E-state index >= 15 is 0 Å². The lowest BCUT2D eigenvalue weighted by atomic mass is 10.2. The van der Waals surface area contributed by atoms with E-state index in [2.05, 4.69) is 24.8 Å². The molecular weight excluding hydrogens is 310 g/mol. The molecule has 0 fully saturated rings. The van der Waals surface area contributed by atoms with Crippen LogP contribution in [-0.2, 0) is 13.0 Å². The molecule has 0 N–H and O–H groups in total. The lowest BCUT2D eigenvalue weighted by molar-refractivity contribution is 0.715. The monoisotopic (exact) mass is 327 g/mol. The van der Waals surface area contributed by atoms with Crippen LogP contribution in [0, 0.1) is 0 Å². The number of fused-ring (bicyclic) bond motifs is 1. The van der Waals surface area contributed by atoms with Gasteiger partial charge < -0.3 is 9.80 Å². The number of aromatic nitrogens is 5. The fourth-order valence-corrected chi connectivity index (χ4v) is 3.66. The first-order valence-corrected chi connectivity index (χ1v) is 8.23. The van der Waals surface area contributed by atoms with E-state index < -0.39 is 0 Å². The molecule has 7 nitrogen and oxygen atoms in total. The molecule has 23 heavy (non-hydrogen) atoms. The third-order valence-corrected chi connectivity index (χ3v) is 5.08. The second kappa shape index (κ2) is 5.62. The van der Waals surface area contributed by atoms with Crippen LogP contribution in [0.5, 0.6) is 0 Å². The topological polar surface area (TPSA) is 63.0 Å². The van der Waals surface area contributed by atoms with E-state index in [1.807, 2.05) is 30.9 Å². The minimum absolute atomic E-state index is 0.830. The zero-order chi connectivity index (χ0) is 15.8. The van der Waals surface area contributed by atoms with Gasteiger partial charge in [-0.1, -0.05) is 11.3 Å².